The summed E-state index contributed by atoms with van der Waals surface area (Å²) in [5, 5.41) is 48.0. The number of carbonyl (C=O) groups excluding carboxylic acids is 9. The average Bonchev–Trinajstić information content (AvgIpc) is 3.86. The Kier molecular flexibility index (Phi) is 24.6. The highest BCUT2D eigenvalue weighted by molar-refractivity contribution is 5.98. The number of carbonyl (C=O) groups is 10. The lowest BCUT2D eigenvalue weighted by Crippen LogP contribution is -2.62. The highest BCUT2D eigenvalue weighted by Crippen LogP contribution is 2.22. The molecule has 2 aromatic carbocycles. The number of aliphatic hydroxyl groups is 2. The number of aliphatic carboxylic acids is 1. The summed E-state index contributed by atoms with van der Waals surface area (Å²) in [6.07, 6.45) is -1.33. The monoisotopic (exact) mass is 1040 g/mol. The summed E-state index contributed by atoms with van der Waals surface area (Å²) in [5.41, 5.74) is 12.7. The van der Waals surface area contributed by atoms with E-state index in [9.17, 15) is 63.3 Å². The van der Waals surface area contributed by atoms with Gasteiger partial charge in [0.2, 0.25) is 53.2 Å². The van der Waals surface area contributed by atoms with E-state index < -0.39 is 144 Å². The standard InChI is InChI=1S/C51H76N10O13/c1-8-29(6)39(53)48(70)60-42(30(7)63)49(71)56-35(25-32-18-13-10-14-19-32)44(66)54-33(21-22-38(52)64)43(65)58-40(27(2)3)50(72)61-23-15-20-37(61)47(69)55-34(24-31-16-11-9-12-17-31)45(67)57-36(26-62)46(68)59-41(28(4)5)51(73)74/h9-14,16-19,27-30,33-37,39-42,62-63H,8,15,20-26,53H2,1-7H3,(H2,52,64)(H,54,66)(H,55,69)(H,56,71)(H,57,67)(H,58,65)(H,59,68)(H,60,70)(H,73,74)/t29-,30+,33-,34-,35-,36-,37-,39-,40-,41-,42-/m0/s1. The Labute approximate surface area is 431 Å². The van der Waals surface area contributed by atoms with Gasteiger partial charge in [0.1, 0.15) is 48.3 Å². The first-order valence-electron chi connectivity index (χ1n) is 25.0. The van der Waals surface area contributed by atoms with Crippen LogP contribution in [0.2, 0.25) is 0 Å². The van der Waals surface area contributed by atoms with Crippen molar-refractivity contribution in [3.63, 3.8) is 0 Å². The van der Waals surface area contributed by atoms with Gasteiger partial charge in [-0.3, -0.25) is 43.2 Å². The van der Waals surface area contributed by atoms with Crippen molar-refractivity contribution in [1.29, 1.82) is 0 Å². The number of aliphatic hydroxyl groups excluding tert-OH is 2. The smallest absolute Gasteiger partial charge is 0.326 e. The van der Waals surface area contributed by atoms with Crippen molar-refractivity contribution in [3.8, 4) is 0 Å². The molecule has 3 rings (SSSR count). The van der Waals surface area contributed by atoms with Gasteiger partial charge in [0.15, 0.2) is 0 Å². The van der Waals surface area contributed by atoms with Gasteiger partial charge < -0.3 is 68.9 Å². The highest BCUT2D eigenvalue weighted by atomic mass is 16.4. The number of primary amides is 1. The van der Waals surface area contributed by atoms with E-state index in [1.54, 1.807) is 95.3 Å². The third kappa shape index (κ3) is 18.5. The van der Waals surface area contributed by atoms with Crippen molar-refractivity contribution < 1.29 is 63.3 Å². The molecule has 1 saturated heterocycles. The maximum atomic E-state index is 14.5. The van der Waals surface area contributed by atoms with Crippen molar-refractivity contribution >= 4 is 59.1 Å². The molecule has 0 unspecified atom stereocenters. The van der Waals surface area contributed by atoms with E-state index in [0.717, 1.165) is 0 Å². The van der Waals surface area contributed by atoms with Crippen LogP contribution >= 0.6 is 0 Å². The molecule has 23 nitrogen and oxygen atoms in total. The van der Waals surface area contributed by atoms with E-state index >= 15 is 0 Å². The number of hydrogen-bond donors (Lipinski definition) is 12. The second kappa shape index (κ2) is 29.7. The zero-order valence-electron chi connectivity index (χ0n) is 43.2. The zero-order valence-corrected chi connectivity index (χ0v) is 43.2. The predicted octanol–water partition coefficient (Wildman–Crippen LogP) is -1.74. The number of nitrogens with zero attached hydrogens (tertiary/aromatic N) is 1. The molecule has 14 N–H and O–H groups in total. The van der Waals surface area contributed by atoms with E-state index in [-0.39, 0.29) is 38.1 Å². The van der Waals surface area contributed by atoms with Gasteiger partial charge in [0.25, 0.3) is 0 Å². The molecule has 0 saturated carbocycles. The first-order chi connectivity index (χ1) is 34.9. The molecule has 74 heavy (non-hydrogen) atoms. The molecule has 0 aromatic heterocycles. The lowest BCUT2D eigenvalue weighted by atomic mass is 9.98. The lowest BCUT2D eigenvalue weighted by molar-refractivity contribution is -0.144. The predicted molar refractivity (Wildman–Crippen MR) is 270 cm³/mol. The van der Waals surface area contributed by atoms with E-state index in [1.165, 1.54) is 11.8 Å². The maximum Gasteiger partial charge on any atom is 0.326 e. The molecule has 0 spiro atoms. The van der Waals surface area contributed by atoms with Crippen LogP contribution in [0.3, 0.4) is 0 Å². The summed E-state index contributed by atoms with van der Waals surface area (Å²) < 4.78 is 0. The van der Waals surface area contributed by atoms with E-state index in [1.807, 2.05) is 6.92 Å². The Bertz CT molecular complexity index is 2250. The van der Waals surface area contributed by atoms with Crippen molar-refractivity contribution in [2.24, 2.45) is 29.2 Å². The minimum absolute atomic E-state index is 0.0685. The zero-order chi connectivity index (χ0) is 55.4. The molecule has 0 bridgehead atoms. The summed E-state index contributed by atoms with van der Waals surface area (Å²) in [4.78, 5) is 136. The van der Waals surface area contributed by atoms with Crippen molar-refractivity contribution in [2.45, 2.75) is 154 Å². The van der Waals surface area contributed by atoms with Crippen LogP contribution in [0.1, 0.15) is 91.7 Å². The molecule has 1 heterocycles. The molecule has 9 amide bonds. The molecule has 0 radical (unpaired) electrons. The molecule has 1 aliphatic heterocycles. The minimum atomic E-state index is -1.59. The first-order valence-corrected chi connectivity index (χ1v) is 25.0. The number of benzene rings is 2. The Balaban J connectivity index is 1.88. The first kappa shape index (κ1) is 61.3. The largest absolute Gasteiger partial charge is 0.480 e. The Morgan fingerprint density at radius 1 is 0.622 bits per heavy atom. The Morgan fingerprint density at radius 2 is 1.08 bits per heavy atom. The van der Waals surface area contributed by atoms with Gasteiger partial charge in [0, 0.05) is 25.8 Å². The minimum Gasteiger partial charge on any atom is -0.480 e. The highest BCUT2D eigenvalue weighted by Gasteiger charge is 2.41. The second-order valence-electron chi connectivity index (χ2n) is 19.4. The third-order valence-electron chi connectivity index (χ3n) is 12.9. The quantitative estimate of drug-likeness (QED) is 0.0431. The van der Waals surface area contributed by atoms with E-state index in [0.29, 0.717) is 24.0 Å². The normalized spacial score (nSPS) is 17.4. The van der Waals surface area contributed by atoms with Crippen molar-refractivity contribution in [3.05, 3.63) is 71.8 Å². The van der Waals surface area contributed by atoms with Crippen LogP contribution in [0.4, 0.5) is 0 Å². The number of amides is 9. The SMILES string of the molecule is CC[C@H](C)[C@H](N)C(=O)N[C@H](C(=O)N[C@@H](Cc1ccccc1)C(=O)N[C@@H](CCC(N)=O)C(=O)N[C@H](C(=O)N1CCC[C@H]1C(=O)N[C@@H](Cc1ccccc1)C(=O)N[C@@H](CO)C(=O)N[C@H](C(=O)O)C(C)C)C(C)C)[C@@H](C)O. The van der Waals surface area contributed by atoms with Gasteiger partial charge >= 0.3 is 5.97 Å². The van der Waals surface area contributed by atoms with Gasteiger partial charge in [-0.05, 0) is 55.1 Å². The van der Waals surface area contributed by atoms with Crippen molar-refractivity contribution in [2.75, 3.05) is 13.2 Å². The molecule has 2 aromatic rings. The third-order valence-corrected chi connectivity index (χ3v) is 12.9. The summed E-state index contributed by atoms with van der Waals surface area (Å²) in [7, 11) is 0. The number of nitrogens with one attached hydrogen (secondary N) is 7. The second-order valence-corrected chi connectivity index (χ2v) is 19.4. The number of likely N-dealkylation sites (tertiary alicyclic amines) is 1. The number of carboxylic acids is 1. The topological polar surface area (TPSA) is 371 Å². The molecule has 1 fully saturated rings. The molecule has 11 atom stereocenters. The van der Waals surface area contributed by atoms with Crippen molar-refractivity contribution in [1.82, 2.24) is 42.1 Å². The number of carboxylic acid groups (broad SMARTS) is 1. The van der Waals surface area contributed by atoms with Crippen LogP contribution in [0, 0.1) is 17.8 Å². The van der Waals surface area contributed by atoms with Gasteiger partial charge in [-0.2, -0.15) is 0 Å². The maximum absolute atomic E-state index is 14.5. The van der Waals surface area contributed by atoms with Crippen LogP contribution in [-0.2, 0) is 60.8 Å². The van der Waals surface area contributed by atoms with E-state index in [2.05, 4.69) is 37.2 Å². The Hall–Kier alpha value is -6.98. The lowest BCUT2D eigenvalue weighted by Gasteiger charge is -2.32. The molecule has 1 aliphatic rings. The fraction of sp³-hybridized carbons (Fsp3) is 0.569. The summed E-state index contributed by atoms with van der Waals surface area (Å²) >= 11 is 0. The van der Waals surface area contributed by atoms with Crippen LogP contribution in [0.5, 0.6) is 0 Å². The molecule has 408 valence electrons. The van der Waals surface area contributed by atoms with Crippen LogP contribution in [0.25, 0.3) is 0 Å². The van der Waals surface area contributed by atoms with Gasteiger partial charge in [0.05, 0.1) is 18.8 Å². The number of rotatable bonds is 29. The van der Waals surface area contributed by atoms with Gasteiger partial charge in [-0.25, -0.2) is 4.79 Å². The van der Waals surface area contributed by atoms with Gasteiger partial charge in [-0.1, -0.05) is 109 Å². The molecular formula is C51H76N10O13. The molecule has 0 aliphatic carbocycles. The van der Waals surface area contributed by atoms with E-state index in [4.69, 9.17) is 11.5 Å². The van der Waals surface area contributed by atoms with Crippen LogP contribution < -0.4 is 48.7 Å². The van der Waals surface area contributed by atoms with Gasteiger partial charge in [-0.15, -0.1) is 0 Å². The summed E-state index contributed by atoms with van der Waals surface area (Å²) in [6.45, 7) is 10.4. The summed E-state index contributed by atoms with van der Waals surface area (Å²) in [6, 6.07) is 4.84. The molecular weight excluding hydrogens is 961 g/mol. The van der Waals surface area contributed by atoms with Crippen LogP contribution in [0.15, 0.2) is 60.7 Å². The summed E-state index contributed by atoms with van der Waals surface area (Å²) in [5.74, 6) is -10.3. The fourth-order valence-corrected chi connectivity index (χ4v) is 8.13. The number of nitrogens with two attached hydrogens (primary N) is 2. The average molecular weight is 1040 g/mol. The molecule has 23 heteroatoms. The van der Waals surface area contributed by atoms with Crippen LogP contribution in [-0.4, -0.2) is 153 Å². The fourth-order valence-electron chi connectivity index (χ4n) is 8.13. The Morgan fingerprint density at radius 3 is 1.55 bits per heavy atom. The number of hydrogen-bond acceptors (Lipinski definition) is 13.